The molecule has 1 rings (SSSR count). The number of rotatable bonds is 6. The van der Waals surface area contributed by atoms with Gasteiger partial charge in [-0.05, 0) is 43.5 Å². The minimum atomic E-state index is -3.33. The molecule has 5 heteroatoms. The number of hydrogen-bond acceptors (Lipinski definition) is 4. The molecule has 0 N–H and O–H groups in total. The van der Waals surface area contributed by atoms with Gasteiger partial charge in [-0.2, -0.15) is 5.26 Å². The summed E-state index contributed by atoms with van der Waals surface area (Å²) in [6.07, 6.45) is 0. The Morgan fingerprint density at radius 1 is 1.21 bits per heavy atom. The molecule has 0 saturated heterocycles. The quantitative estimate of drug-likeness (QED) is 0.748. The summed E-state index contributed by atoms with van der Waals surface area (Å²) in [5.41, 5.74) is 1.43. The number of hydrogen-bond donors (Lipinski definition) is 0. The topological polar surface area (TPSA) is 59.3 Å². The molecule has 4 nitrogen and oxygen atoms in total. The van der Waals surface area contributed by atoms with Gasteiger partial charge in [0.25, 0.3) is 0 Å². The van der Waals surface area contributed by atoms with E-state index in [0.29, 0.717) is 24.1 Å². The first-order valence-electron chi connectivity index (χ1n) is 6.41. The summed E-state index contributed by atoms with van der Waals surface area (Å²) in [6, 6.07) is 7.27. The predicted molar refractivity (Wildman–Crippen MR) is 75.7 cm³/mol. The maximum atomic E-state index is 12.7. The highest BCUT2D eigenvalue weighted by atomic mass is 31.2. The molecule has 0 radical (unpaired) electrons. The van der Waals surface area contributed by atoms with Gasteiger partial charge in [0, 0.05) is 0 Å². The Hall–Kier alpha value is -1.14. The summed E-state index contributed by atoms with van der Waals surface area (Å²) >= 11 is 0. The SMILES string of the molecule is CCOP(=O)(OCC)c1cc(C#N)cc(C(C)C)c1. The molecule has 0 heterocycles. The van der Waals surface area contributed by atoms with Crippen LogP contribution in [0.1, 0.15) is 44.7 Å². The monoisotopic (exact) mass is 281 g/mol. The fourth-order valence-electron chi connectivity index (χ4n) is 1.72. The summed E-state index contributed by atoms with van der Waals surface area (Å²) in [6.45, 7) is 8.17. The van der Waals surface area contributed by atoms with Gasteiger partial charge >= 0.3 is 7.60 Å². The van der Waals surface area contributed by atoms with Gasteiger partial charge < -0.3 is 9.05 Å². The normalized spacial score (nSPS) is 11.6. The van der Waals surface area contributed by atoms with E-state index in [2.05, 4.69) is 6.07 Å². The maximum absolute atomic E-state index is 12.7. The van der Waals surface area contributed by atoms with E-state index in [-0.39, 0.29) is 5.92 Å². The van der Waals surface area contributed by atoms with E-state index in [1.165, 1.54) is 0 Å². The van der Waals surface area contributed by atoms with Crippen LogP contribution in [0.25, 0.3) is 0 Å². The molecular weight excluding hydrogens is 261 g/mol. The molecule has 0 aliphatic carbocycles. The van der Waals surface area contributed by atoms with Crippen molar-refractivity contribution >= 4 is 12.9 Å². The molecule has 0 unspecified atom stereocenters. The Morgan fingerprint density at radius 3 is 2.21 bits per heavy atom. The van der Waals surface area contributed by atoms with Crippen LogP contribution in [-0.2, 0) is 13.6 Å². The van der Waals surface area contributed by atoms with Crippen LogP contribution in [0.15, 0.2) is 18.2 Å². The van der Waals surface area contributed by atoms with Gasteiger partial charge in [-0.25, -0.2) is 0 Å². The summed E-state index contributed by atoms with van der Waals surface area (Å²) in [5, 5.41) is 9.53. The van der Waals surface area contributed by atoms with Crippen LogP contribution >= 0.6 is 7.60 Å². The van der Waals surface area contributed by atoms with E-state index in [0.717, 1.165) is 5.56 Å². The second kappa shape index (κ2) is 6.86. The number of nitrogens with zero attached hydrogens (tertiary/aromatic N) is 1. The van der Waals surface area contributed by atoms with Crippen molar-refractivity contribution in [2.45, 2.75) is 33.6 Å². The first-order chi connectivity index (χ1) is 8.96. The highest BCUT2D eigenvalue weighted by Crippen LogP contribution is 2.47. The third-order valence-corrected chi connectivity index (χ3v) is 4.74. The van der Waals surface area contributed by atoms with Crippen molar-refractivity contribution in [3.8, 4) is 6.07 Å². The Kier molecular flexibility index (Phi) is 5.75. The van der Waals surface area contributed by atoms with E-state index < -0.39 is 7.60 Å². The highest BCUT2D eigenvalue weighted by Gasteiger charge is 2.27. The van der Waals surface area contributed by atoms with Crippen LogP contribution in [0.3, 0.4) is 0 Å². The standard InChI is InChI=1S/C14H20NO3P/c1-5-17-19(16,18-6-2)14-8-12(10-15)7-13(9-14)11(3)4/h7-9,11H,5-6H2,1-4H3. The molecule has 1 aromatic carbocycles. The Labute approximate surface area is 114 Å². The van der Waals surface area contributed by atoms with Crippen molar-refractivity contribution in [1.29, 1.82) is 5.26 Å². The lowest BCUT2D eigenvalue weighted by molar-refractivity contribution is 0.230. The summed E-state index contributed by atoms with van der Waals surface area (Å²) in [4.78, 5) is 0. The van der Waals surface area contributed by atoms with Crippen molar-refractivity contribution < 1.29 is 13.6 Å². The van der Waals surface area contributed by atoms with Crippen LogP contribution in [-0.4, -0.2) is 13.2 Å². The molecule has 0 aliphatic rings. The van der Waals surface area contributed by atoms with Gasteiger partial charge in [0.05, 0.1) is 30.2 Å². The smallest absolute Gasteiger partial charge is 0.305 e. The third-order valence-electron chi connectivity index (χ3n) is 2.65. The molecule has 104 valence electrons. The maximum Gasteiger partial charge on any atom is 0.361 e. The zero-order valence-electron chi connectivity index (χ0n) is 11.8. The zero-order valence-corrected chi connectivity index (χ0v) is 12.7. The molecule has 0 atom stereocenters. The average Bonchev–Trinajstić information content (AvgIpc) is 2.38. The van der Waals surface area contributed by atoms with E-state index in [1.807, 2.05) is 13.8 Å². The fourth-order valence-corrected chi connectivity index (χ4v) is 3.37. The summed E-state index contributed by atoms with van der Waals surface area (Å²) < 4.78 is 23.3. The minimum Gasteiger partial charge on any atom is -0.305 e. The average molecular weight is 281 g/mol. The lowest BCUT2D eigenvalue weighted by Gasteiger charge is -2.19. The van der Waals surface area contributed by atoms with Crippen molar-refractivity contribution in [3.05, 3.63) is 29.3 Å². The Bertz CT molecular complexity index is 510. The molecule has 1 aromatic rings. The van der Waals surface area contributed by atoms with E-state index in [1.54, 1.807) is 32.0 Å². The lowest BCUT2D eigenvalue weighted by atomic mass is 10.0. The van der Waals surface area contributed by atoms with Gasteiger partial charge in [-0.15, -0.1) is 0 Å². The van der Waals surface area contributed by atoms with Crippen LogP contribution in [0.2, 0.25) is 0 Å². The molecule has 0 aliphatic heterocycles. The largest absolute Gasteiger partial charge is 0.361 e. The van der Waals surface area contributed by atoms with Gasteiger partial charge in [-0.1, -0.05) is 13.8 Å². The van der Waals surface area contributed by atoms with Crippen molar-refractivity contribution in [1.82, 2.24) is 0 Å². The molecular formula is C14H20NO3P. The summed E-state index contributed by atoms with van der Waals surface area (Å²) in [5.74, 6) is 0.240. The first kappa shape index (κ1) is 15.9. The second-order valence-electron chi connectivity index (χ2n) is 4.41. The van der Waals surface area contributed by atoms with E-state index in [4.69, 9.17) is 14.3 Å². The summed E-state index contributed by atoms with van der Waals surface area (Å²) in [7, 11) is -3.33. The van der Waals surface area contributed by atoms with Crippen molar-refractivity contribution in [2.24, 2.45) is 0 Å². The number of nitriles is 1. The van der Waals surface area contributed by atoms with Crippen LogP contribution in [0.5, 0.6) is 0 Å². The molecule has 0 aromatic heterocycles. The van der Waals surface area contributed by atoms with Crippen LogP contribution in [0, 0.1) is 11.3 Å². The molecule has 0 amide bonds. The van der Waals surface area contributed by atoms with Gasteiger partial charge in [0.1, 0.15) is 0 Å². The second-order valence-corrected chi connectivity index (χ2v) is 6.44. The van der Waals surface area contributed by atoms with Crippen molar-refractivity contribution in [3.63, 3.8) is 0 Å². The Balaban J connectivity index is 3.34. The molecule has 0 saturated carbocycles. The molecule has 0 spiro atoms. The van der Waals surface area contributed by atoms with E-state index >= 15 is 0 Å². The fraction of sp³-hybridized carbons (Fsp3) is 0.500. The van der Waals surface area contributed by atoms with Crippen molar-refractivity contribution in [2.75, 3.05) is 13.2 Å². The minimum absolute atomic E-state index is 0.240. The molecule has 0 bridgehead atoms. The predicted octanol–water partition coefficient (Wildman–Crippen LogP) is 3.57. The van der Waals surface area contributed by atoms with Gasteiger partial charge in [0.2, 0.25) is 0 Å². The zero-order chi connectivity index (χ0) is 14.5. The van der Waals surface area contributed by atoms with E-state index in [9.17, 15) is 4.57 Å². The van der Waals surface area contributed by atoms with Crippen LogP contribution < -0.4 is 5.30 Å². The third kappa shape index (κ3) is 3.91. The lowest BCUT2D eigenvalue weighted by Crippen LogP contribution is -2.12. The number of benzene rings is 1. The highest BCUT2D eigenvalue weighted by molar-refractivity contribution is 7.62. The first-order valence-corrected chi connectivity index (χ1v) is 7.95. The van der Waals surface area contributed by atoms with Gasteiger partial charge in [0.15, 0.2) is 0 Å². The molecule has 19 heavy (non-hydrogen) atoms. The van der Waals surface area contributed by atoms with Gasteiger partial charge in [-0.3, -0.25) is 4.57 Å². The Morgan fingerprint density at radius 2 is 1.79 bits per heavy atom. The van der Waals surface area contributed by atoms with Crippen LogP contribution in [0.4, 0.5) is 0 Å². The molecule has 0 fully saturated rings.